The molecule has 0 radical (unpaired) electrons. The lowest BCUT2D eigenvalue weighted by Gasteiger charge is -2.12. The van der Waals surface area contributed by atoms with Gasteiger partial charge in [-0.05, 0) is 18.6 Å². The van der Waals surface area contributed by atoms with Gasteiger partial charge >= 0.3 is 0 Å². The van der Waals surface area contributed by atoms with E-state index >= 15 is 0 Å². The summed E-state index contributed by atoms with van der Waals surface area (Å²) in [6.45, 7) is 2.85. The molecule has 1 unspecified atom stereocenters. The van der Waals surface area contributed by atoms with Crippen LogP contribution in [0, 0.1) is 5.95 Å². The fourth-order valence-corrected chi connectivity index (χ4v) is 1.17. The van der Waals surface area contributed by atoms with Crippen LogP contribution >= 0.6 is 12.6 Å². The second-order valence-corrected chi connectivity index (χ2v) is 3.26. The summed E-state index contributed by atoms with van der Waals surface area (Å²) >= 11 is 4.09. The summed E-state index contributed by atoms with van der Waals surface area (Å²) in [7, 11) is 0. The fourth-order valence-electron chi connectivity index (χ4n) is 1.04. The van der Waals surface area contributed by atoms with Crippen molar-refractivity contribution in [3.05, 3.63) is 29.8 Å². The highest BCUT2D eigenvalue weighted by atomic mass is 32.1. The van der Waals surface area contributed by atoms with E-state index in [-0.39, 0.29) is 6.04 Å². The van der Waals surface area contributed by atoms with Crippen molar-refractivity contribution in [3.8, 4) is 0 Å². The number of halogens is 1. The summed E-state index contributed by atoms with van der Waals surface area (Å²) < 4.78 is 12.5. The van der Waals surface area contributed by atoms with Crippen LogP contribution in [0.2, 0.25) is 0 Å². The maximum atomic E-state index is 12.5. The summed E-state index contributed by atoms with van der Waals surface area (Å²) in [6.07, 6.45) is 1.55. The van der Waals surface area contributed by atoms with Gasteiger partial charge in [-0.2, -0.15) is 17.0 Å². The number of rotatable bonds is 4. The van der Waals surface area contributed by atoms with Crippen molar-refractivity contribution >= 4 is 12.6 Å². The Labute approximate surface area is 83.0 Å². The number of hydrogen-bond acceptors (Lipinski definition) is 3. The van der Waals surface area contributed by atoms with Crippen LogP contribution in [0.25, 0.3) is 0 Å². The van der Waals surface area contributed by atoms with Gasteiger partial charge in [0.15, 0.2) is 0 Å². The van der Waals surface area contributed by atoms with Crippen LogP contribution in [0.4, 0.5) is 4.39 Å². The monoisotopic (exact) mass is 200 g/mol. The molecule has 1 N–H and O–H groups in total. The van der Waals surface area contributed by atoms with Crippen molar-refractivity contribution < 1.29 is 4.39 Å². The molecule has 0 saturated carbocycles. The molecule has 13 heavy (non-hydrogen) atoms. The molecule has 1 aromatic rings. The van der Waals surface area contributed by atoms with Gasteiger partial charge in [-0.3, -0.25) is 0 Å². The zero-order chi connectivity index (χ0) is 9.68. The highest BCUT2D eigenvalue weighted by Crippen LogP contribution is 2.10. The second kappa shape index (κ2) is 5.19. The second-order valence-electron chi connectivity index (χ2n) is 2.81. The molecule has 0 fully saturated rings. The topological polar surface area (TPSA) is 24.9 Å². The zero-order valence-electron chi connectivity index (χ0n) is 7.50. The smallest absolute Gasteiger partial charge is 0.212 e. The number of aromatic nitrogens is 1. The first-order valence-corrected chi connectivity index (χ1v) is 4.83. The van der Waals surface area contributed by atoms with Crippen molar-refractivity contribution in [1.29, 1.82) is 0 Å². The van der Waals surface area contributed by atoms with Crippen LogP contribution in [-0.4, -0.2) is 17.3 Å². The third kappa shape index (κ3) is 3.32. The molecule has 1 heterocycles. The van der Waals surface area contributed by atoms with Crippen LogP contribution in [0.15, 0.2) is 18.3 Å². The van der Waals surface area contributed by atoms with Gasteiger partial charge in [0.05, 0.1) is 0 Å². The summed E-state index contributed by atoms with van der Waals surface area (Å²) in [5.41, 5.74) is 0.989. The minimum atomic E-state index is -0.440. The van der Waals surface area contributed by atoms with Crippen LogP contribution in [0.1, 0.15) is 18.5 Å². The predicted octanol–water partition coefficient (Wildman–Crippen LogP) is 1.80. The number of nitrogens with zero attached hydrogens (tertiary/aromatic N) is 1. The molecule has 0 bridgehead atoms. The van der Waals surface area contributed by atoms with Gasteiger partial charge in [-0.15, -0.1) is 0 Å². The summed E-state index contributed by atoms with van der Waals surface area (Å²) in [5, 5.41) is 3.23. The SMILES string of the molecule is CC(NCCS)c1ccc(F)nc1. The zero-order valence-corrected chi connectivity index (χ0v) is 8.39. The lowest BCUT2D eigenvalue weighted by molar-refractivity contribution is 0.568. The van der Waals surface area contributed by atoms with Gasteiger partial charge in [0.2, 0.25) is 5.95 Å². The Morgan fingerprint density at radius 1 is 1.62 bits per heavy atom. The minimum absolute atomic E-state index is 0.195. The molecule has 1 aromatic heterocycles. The molecular formula is C9H13FN2S. The lowest BCUT2D eigenvalue weighted by atomic mass is 10.1. The molecule has 1 atom stereocenters. The first-order valence-electron chi connectivity index (χ1n) is 4.19. The lowest BCUT2D eigenvalue weighted by Crippen LogP contribution is -2.20. The van der Waals surface area contributed by atoms with E-state index in [1.54, 1.807) is 12.3 Å². The van der Waals surface area contributed by atoms with E-state index in [4.69, 9.17) is 0 Å². The van der Waals surface area contributed by atoms with Crippen molar-refractivity contribution in [1.82, 2.24) is 10.3 Å². The third-order valence-corrected chi connectivity index (χ3v) is 2.04. The van der Waals surface area contributed by atoms with Crippen LogP contribution in [-0.2, 0) is 0 Å². The molecule has 72 valence electrons. The molecule has 0 aliphatic heterocycles. The Kier molecular flexibility index (Phi) is 4.18. The van der Waals surface area contributed by atoms with Crippen molar-refractivity contribution in [3.63, 3.8) is 0 Å². The van der Waals surface area contributed by atoms with E-state index in [1.165, 1.54) is 6.07 Å². The molecule has 4 heteroatoms. The van der Waals surface area contributed by atoms with Crippen LogP contribution < -0.4 is 5.32 Å². The first-order chi connectivity index (χ1) is 6.24. The average molecular weight is 200 g/mol. The Bertz CT molecular complexity index is 250. The molecule has 1 rings (SSSR count). The average Bonchev–Trinajstić information content (AvgIpc) is 2.15. The largest absolute Gasteiger partial charge is 0.309 e. The van der Waals surface area contributed by atoms with Crippen LogP contribution in [0.5, 0.6) is 0 Å². The van der Waals surface area contributed by atoms with Gasteiger partial charge in [0, 0.05) is 24.5 Å². The minimum Gasteiger partial charge on any atom is -0.309 e. The molecule has 2 nitrogen and oxygen atoms in total. The van der Waals surface area contributed by atoms with E-state index in [2.05, 4.69) is 22.9 Å². The Morgan fingerprint density at radius 2 is 2.38 bits per heavy atom. The summed E-state index contributed by atoms with van der Waals surface area (Å²) in [6, 6.07) is 3.30. The Morgan fingerprint density at radius 3 is 2.92 bits per heavy atom. The number of nitrogens with one attached hydrogen (secondary N) is 1. The third-order valence-electron chi connectivity index (χ3n) is 1.81. The molecular weight excluding hydrogens is 187 g/mol. The molecule has 0 aliphatic rings. The molecule has 0 aliphatic carbocycles. The van der Waals surface area contributed by atoms with Crippen molar-refractivity contribution in [2.24, 2.45) is 0 Å². The van der Waals surface area contributed by atoms with E-state index in [9.17, 15) is 4.39 Å². The first kappa shape index (κ1) is 10.5. The molecule has 0 saturated heterocycles. The standard InChI is InChI=1S/C9H13FN2S/c1-7(11-4-5-13)8-2-3-9(10)12-6-8/h2-3,6-7,11,13H,4-5H2,1H3. The van der Waals surface area contributed by atoms with Crippen LogP contribution in [0.3, 0.4) is 0 Å². The van der Waals surface area contributed by atoms with E-state index in [0.717, 1.165) is 17.9 Å². The van der Waals surface area contributed by atoms with Crippen molar-refractivity contribution in [2.45, 2.75) is 13.0 Å². The van der Waals surface area contributed by atoms with Gasteiger partial charge in [-0.25, -0.2) is 4.98 Å². The fraction of sp³-hybridized carbons (Fsp3) is 0.444. The van der Waals surface area contributed by atoms with E-state index in [0.29, 0.717) is 0 Å². The highest BCUT2D eigenvalue weighted by molar-refractivity contribution is 7.80. The maximum absolute atomic E-state index is 12.5. The Balaban J connectivity index is 2.55. The van der Waals surface area contributed by atoms with Gasteiger partial charge in [-0.1, -0.05) is 6.07 Å². The number of hydrogen-bond donors (Lipinski definition) is 2. The normalized spacial score (nSPS) is 12.8. The van der Waals surface area contributed by atoms with E-state index in [1.807, 2.05) is 6.92 Å². The quantitative estimate of drug-likeness (QED) is 0.572. The molecule has 0 spiro atoms. The van der Waals surface area contributed by atoms with Gasteiger partial charge in [0.1, 0.15) is 0 Å². The Hall–Kier alpha value is -0.610. The maximum Gasteiger partial charge on any atom is 0.212 e. The number of thiol groups is 1. The van der Waals surface area contributed by atoms with E-state index < -0.39 is 5.95 Å². The molecule has 0 amide bonds. The number of pyridine rings is 1. The summed E-state index contributed by atoms with van der Waals surface area (Å²) in [4.78, 5) is 3.58. The highest BCUT2D eigenvalue weighted by Gasteiger charge is 2.03. The van der Waals surface area contributed by atoms with Gasteiger partial charge < -0.3 is 5.32 Å². The van der Waals surface area contributed by atoms with Crippen molar-refractivity contribution in [2.75, 3.05) is 12.3 Å². The summed E-state index contributed by atoms with van der Waals surface area (Å²) in [5.74, 6) is 0.351. The van der Waals surface area contributed by atoms with Gasteiger partial charge in [0.25, 0.3) is 0 Å². The predicted molar refractivity (Wildman–Crippen MR) is 54.5 cm³/mol. The molecule has 0 aromatic carbocycles.